The van der Waals surface area contributed by atoms with Gasteiger partial charge >= 0.3 is 12.1 Å². The molecule has 0 radical (unpaired) electrons. The molecule has 0 saturated carbocycles. The quantitative estimate of drug-likeness (QED) is 0.922. The molecule has 0 aliphatic heterocycles. The van der Waals surface area contributed by atoms with Crippen molar-refractivity contribution in [3.63, 3.8) is 0 Å². The summed E-state index contributed by atoms with van der Waals surface area (Å²) in [6.45, 7) is 0. The van der Waals surface area contributed by atoms with Crippen molar-refractivity contribution in [1.29, 1.82) is 0 Å². The maximum atomic E-state index is 10.7. The van der Waals surface area contributed by atoms with Crippen LogP contribution in [-0.4, -0.2) is 15.6 Å². The first-order chi connectivity index (χ1) is 8.90. The Bertz CT molecular complexity index is 690. The first-order valence-corrected chi connectivity index (χ1v) is 6.18. The van der Waals surface area contributed by atoms with Gasteiger partial charge in [0.2, 0.25) is 0 Å². The van der Waals surface area contributed by atoms with Gasteiger partial charge in [-0.05, 0) is 17.7 Å². The molecule has 0 unspecified atom stereocenters. The highest BCUT2D eigenvalue weighted by Gasteiger charge is 2.13. The normalized spacial score (nSPS) is 10.5. The van der Waals surface area contributed by atoms with Crippen LogP contribution in [0.1, 0.15) is 5.56 Å². The van der Waals surface area contributed by atoms with Crippen LogP contribution >= 0.6 is 34.8 Å². The second kappa shape index (κ2) is 5.28. The lowest BCUT2D eigenvalue weighted by atomic mass is 10.2. The van der Waals surface area contributed by atoms with Gasteiger partial charge in [0.1, 0.15) is 4.49 Å². The number of carbonyl (C=O) groups excluding carboxylic acids is 1. The lowest BCUT2D eigenvalue weighted by Crippen LogP contribution is -2.18. The van der Waals surface area contributed by atoms with Crippen LogP contribution in [0.5, 0.6) is 6.01 Å². The van der Waals surface area contributed by atoms with Gasteiger partial charge in [0, 0.05) is 7.05 Å². The van der Waals surface area contributed by atoms with Gasteiger partial charge in [0.15, 0.2) is 0 Å². The number of benzene rings is 1. The Morgan fingerprint density at radius 2 is 2.05 bits per heavy atom. The van der Waals surface area contributed by atoms with E-state index in [4.69, 9.17) is 45.3 Å². The molecule has 1 aromatic heterocycles. The van der Waals surface area contributed by atoms with Gasteiger partial charge in [0.25, 0.3) is 0 Å². The zero-order valence-electron chi connectivity index (χ0n) is 9.65. The van der Waals surface area contributed by atoms with Crippen molar-refractivity contribution in [3.8, 4) is 6.01 Å². The van der Waals surface area contributed by atoms with Gasteiger partial charge in [-0.1, -0.05) is 40.9 Å². The van der Waals surface area contributed by atoms with E-state index < -0.39 is 6.09 Å². The predicted octanol–water partition coefficient (Wildman–Crippen LogP) is 3.37. The molecule has 0 atom stereocenters. The summed E-state index contributed by atoms with van der Waals surface area (Å²) >= 11 is 17.2. The molecule has 2 rings (SSSR count). The van der Waals surface area contributed by atoms with Crippen LogP contribution in [0.2, 0.25) is 0 Å². The second-order valence-electron chi connectivity index (χ2n) is 3.65. The molecule has 0 bridgehead atoms. The highest BCUT2D eigenvalue weighted by atomic mass is 35.5. The van der Waals surface area contributed by atoms with Crippen molar-refractivity contribution >= 4 is 57.0 Å². The third kappa shape index (κ3) is 2.78. The number of carbonyl (C=O) groups is 1. The van der Waals surface area contributed by atoms with Crippen LogP contribution in [0.15, 0.2) is 22.7 Å². The van der Waals surface area contributed by atoms with E-state index in [0.717, 1.165) is 5.52 Å². The van der Waals surface area contributed by atoms with Crippen LogP contribution in [0.4, 0.5) is 4.79 Å². The van der Waals surface area contributed by atoms with Crippen molar-refractivity contribution in [1.82, 2.24) is 9.55 Å². The van der Waals surface area contributed by atoms with Gasteiger partial charge in [-0.2, -0.15) is 4.98 Å². The molecule has 100 valence electrons. The number of fused-ring (bicyclic) bond motifs is 1. The molecule has 8 heteroatoms. The lowest BCUT2D eigenvalue weighted by molar-refractivity contribution is 0.205. The van der Waals surface area contributed by atoms with Crippen molar-refractivity contribution in [2.75, 3.05) is 0 Å². The van der Waals surface area contributed by atoms with E-state index in [0.29, 0.717) is 11.1 Å². The van der Waals surface area contributed by atoms with Crippen molar-refractivity contribution in [2.24, 2.45) is 12.8 Å². The summed E-state index contributed by atoms with van der Waals surface area (Å²) in [6, 6.07) is 5.25. The van der Waals surface area contributed by atoms with Crippen molar-refractivity contribution in [2.45, 2.75) is 0 Å². The van der Waals surface area contributed by atoms with Crippen LogP contribution in [0.3, 0.4) is 0 Å². The number of primary amides is 1. The van der Waals surface area contributed by atoms with Crippen LogP contribution in [-0.2, 0) is 7.05 Å². The van der Waals surface area contributed by atoms with E-state index in [9.17, 15) is 4.79 Å². The molecular formula is C11H8Cl3N3O2. The van der Waals surface area contributed by atoms with Crippen LogP contribution in [0, 0.1) is 0 Å². The Kier molecular flexibility index (Phi) is 3.89. The number of imidazole rings is 1. The first-order valence-electron chi connectivity index (χ1n) is 5.05. The second-order valence-corrected chi connectivity index (χ2v) is 4.98. The highest BCUT2D eigenvalue weighted by Crippen LogP contribution is 2.30. The van der Waals surface area contributed by atoms with Gasteiger partial charge in [-0.25, -0.2) is 4.79 Å². The average molecular weight is 321 g/mol. The monoisotopic (exact) mass is 319 g/mol. The molecule has 5 nitrogen and oxygen atoms in total. The average Bonchev–Trinajstić information content (AvgIpc) is 2.64. The number of amides is 1. The van der Waals surface area contributed by atoms with E-state index >= 15 is 0 Å². The Balaban J connectivity index is 2.56. The summed E-state index contributed by atoms with van der Waals surface area (Å²) in [7, 11) is 1.69. The number of hydrogen-bond acceptors (Lipinski definition) is 3. The number of rotatable bonds is 2. The number of hydrogen-bond donors (Lipinski definition) is 1. The maximum Gasteiger partial charge on any atom is 0.412 e. The van der Waals surface area contributed by atoms with Crippen LogP contribution in [0.25, 0.3) is 16.1 Å². The molecule has 2 aromatic rings. The molecule has 1 amide bonds. The van der Waals surface area contributed by atoms with Gasteiger partial charge in [-0.3, -0.25) is 4.57 Å². The Morgan fingerprint density at radius 3 is 2.63 bits per heavy atom. The SMILES string of the molecule is Cn1c(OC(N)=O)nc2cc(C(Cl)=C(Cl)Cl)ccc21. The minimum atomic E-state index is -0.930. The molecule has 1 heterocycles. The number of aryl methyl sites for hydroxylation is 1. The molecule has 1 aromatic carbocycles. The molecule has 0 aliphatic carbocycles. The smallest absolute Gasteiger partial charge is 0.375 e. The summed E-state index contributed by atoms with van der Waals surface area (Å²) in [5.41, 5.74) is 6.88. The third-order valence-electron chi connectivity index (χ3n) is 2.45. The fourth-order valence-corrected chi connectivity index (χ4v) is 1.94. The topological polar surface area (TPSA) is 70.1 Å². The zero-order chi connectivity index (χ0) is 14.2. The maximum absolute atomic E-state index is 10.7. The van der Waals surface area contributed by atoms with E-state index in [1.165, 1.54) is 0 Å². The number of nitrogens with zero attached hydrogens (tertiary/aromatic N) is 2. The first kappa shape index (κ1) is 14.0. The van der Waals surface area contributed by atoms with E-state index in [1.807, 2.05) is 0 Å². The summed E-state index contributed by atoms with van der Waals surface area (Å²) < 4.78 is 6.32. The number of nitrogens with two attached hydrogens (primary N) is 1. The number of ether oxygens (including phenoxy) is 1. The molecule has 2 N–H and O–H groups in total. The molecule has 0 saturated heterocycles. The lowest BCUT2D eigenvalue weighted by Gasteiger charge is -2.01. The summed E-state index contributed by atoms with van der Waals surface area (Å²) in [6.07, 6.45) is -0.930. The predicted molar refractivity (Wildman–Crippen MR) is 75.4 cm³/mol. The van der Waals surface area contributed by atoms with Gasteiger partial charge in [-0.15, -0.1) is 0 Å². The number of halogens is 3. The van der Waals surface area contributed by atoms with E-state index in [1.54, 1.807) is 29.8 Å². The van der Waals surface area contributed by atoms with E-state index in [-0.39, 0.29) is 15.5 Å². The highest BCUT2D eigenvalue weighted by molar-refractivity contribution is 6.66. The standard InChI is InChI=1S/C11H8Cl3N3O2/c1-17-7-3-2-5(8(12)9(13)14)4-6(7)16-11(17)19-10(15)18/h2-4H,1H3,(H2,15,18). The minimum absolute atomic E-state index is 0.0365. The number of aromatic nitrogens is 2. The summed E-state index contributed by atoms with van der Waals surface area (Å²) in [4.78, 5) is 14.9. The van der Waals surface area contributed by atoms with E-state index in [2.05, 4.69) is 4.98 Å². The molecule has 0 aliphatic rings. The largest absolute Gasteiger partial charge is 0.412 e. The summed E-state index contributed by atoms with van der Waals surface area (Å²) in [5, 5.41) is 0.216. The molecule has 0 fully saturated rings. The minimum Gasteiger partial charge on any atom is -0.375 e. The van der Waals surface area contributed by atoms with Crippen LogP contribution < -0.4 is 10.5 Å². The molecule has 0 spiro atoms. The third-order valence-corrected chi connectivity index (χ3v) is 3.43. The summed E-state index contributed by atoms with van der Waals surface area (Å²) in [5.74, 6) is 0. The molecular weight excluding hydrogens is 312 g/mol. The fourth-order valence-electron chi connectivity index (χ4n) is 1.60. The fraction of sp³-hybridized carbons (Fsp3) is 0.0909. The van der Waals surface area contributed by atoms with Gasteiger partial charge < -0.3 is 10.5 Å². The van der Waals surface area contributed by atoms with Crippen molar-refractivity contribution in [3.05, 3.63) is 28.3 Å². The van der Waals surface area contributed by atoms with Gasteiger partial charge in [0.05, 0.1) is 16.1 Å². The zero-order valence-corrected chi connectivity index (χ0v) is 11.9. The van der Waals surface area contributed by atoms with Crippen molar-refractivity contribution < 1.29 is 9.53 Å². The Morgan fingerprint density at radius 1 is 1.37 bits per heavy atom. The Hall–Kier alpha value is -1.43. The molecule has 19 heavy (non-hydrogen) atoms. The Labute approximate surface area is 123 Å².